The molecule has 0 radical (unpaired) electrons. The van der Waals surface area contributed by atoms with Gasteiger partial charge in [-0.15, -0.1) is 15.3 Å². The van der Waals surface area contributed by atoms with E-state index in [1.54, 1.807) is 18.2 Å². The zero-order chi connectivity index (χ0) is 17.9. The number of hydrogen-bond acceptors (Lipinski definition) is 6. The molecule has 1 amide bonds. The number of benzene rings is 1. The number of nitrogens with zero attached hydrogens (tertiary/aromatic N) is 5. The van der Waals surface area contributed by atoms with Gasteiger partial charge in [0.05, 0.1) is 19.3 Å². The van der Waals surface area contributed by atoms with Gasteiger partial charge in [-0.25, -0.2) is 0 Å². The van der Waals surface area contributed by atoms with Crippen molar-refractivity contribution in [3.05, 3.63) is 60.0 Å². The molecule has 9 heteroatoms. The highest BCUT2D eigenvalue weighted by Crippen LogP contribution is 2.16. The van der Waals surface area contributed by atoms with E-state index in [2.05, 4.69) is 30.8 Å². The first-order valence-corrected chi connectivity index (χ1v) is 7.89. The minimum atomic E-state index is -0.292. The molecule has 3 heterocycles. The minimum absolute atomic E-state index is 0.167. The SMILES string of the molecule is COc1ccc2nnc(CNC(=O)c3cc(-c4ccccc4)n[nH]3)n2n1. The fourth-order valence-electron chi connectivity index (χ4n) is 2.48. The lowest BCUT2D eigenvalue weighted by atomic mass is 10.1. The summed E-state index contributed by atoms with van der Waals surface area (Å²) in [5.41, 5.74) is 2.57. The topological polar surface area (TPSA) is 110 Å². The summed E-state index contributed by atoms with van der Waals surface area (Å²) in [6.07, 6.45) is 0. The molecule has 0 atom stereocenters. The summed E-state index contributed by atoms with van der Waals surface area (Å²) in [5.74, 6) is 0.639. The van der Waals surface area contributed by atoms with Crippen LogP contribution in [0.1, 0.15) is 16.3 Å². The van der Waals surface area contributed by atoms with E-state index in [0.717, 1.165) is 5.56 Å². The van der Waals surface area contributed by atoms with Crippen molar-refractivity contribution in [2.24, 2.45) is 0 Å². The number of fused-ring (bicyclic) bond motifs is 1. The summed E-state index contributed by atoms with van der Waals surface area (Å²) >= 11 is 0. The lowest BCUT2D eigenvalue weighted by Crippen LogP contribution is -2.24. The highest BCUT2D eigenvalue weighted by Gasteiger charge is 2.13. The molecule has 0 aliphatic heterocycles. The van der Waals surface area contributed by atoms with E-state index < -0.39 is 0 Å². The van der Waals surface area contributed by atoms with Crippen molar-refractivity contribution in [3.8, 4) is 17.1 Å². The normalized spacial score (nSPS) is 10.8. The molecule has 0 saturated heterocycles. The second-order valence-corrected chi connectivity index (χ2v) is 5.48. The number of ether oxygens (including phenoxy) is 1. The van der Waals surface area contributed by atoms with Crippen molar-refractivity contribution in [1.82, 2.24) is 35.3 Å². The third kappa shape index (κ3) is 2.97. The predicted molar refractivity (Wildman–Crippen MR) is 92.5 cm³/mol. The Kier molecular flexibility index (Phi) is 4.02. The number of nitrogens with one attached hydrogen (secondary N) is 2. The largest absolute Gasteiger partial charge is 0.480 e. The fraction of sp³-hybridized carbons (Fsp3) is 0.118. The fourth-order valence-corrected chi connectivity index (χ4v) is 2.48. The quantitative estimate of drug-likeness (QED) is 0.564. The molecule has 2 N–H and O–H groups in total. The summed E-state index contributed by atoms with van der Waals surface area (Å²) < 4.78 is 6.63. The van der Waals surface area contributed by atoms with Gasteiger partial charge in [0.1, 0.15) is 5.69 Å². The van der Waals surface area contributed by atoms with Crippen molar-refractivity contribution in [1.29, 1.82) is 0 Å². The number of amides is 1. The first-order chi connectivity index (χ1) is 12.7. The van der Waals surface area contributed by atoms with Crippen LogP contribution in [0.5, 0.6) is 5.88 Å². The van der Waals surface area contributed by atoms with Gasteiger partial charge in [0, 0.05) is 11.6 Å². The van der Waals surface area contributed by atoms with Gasteiger partial charge in [0.2, 0.25) is 5.88 Å². The number of carbonyl (C=O) groups excluding carboxylic acids is 1. The van der Waals surface area contributed by atoms with Crippen molar-refractivity contribution in [3.63, 3.8) is 0 Å². The first-order valence-electron chi connectivity index (χ1n) is 7.89. The summed E-state index contributed by atoms with van der Waals surface area (Å²) in [6, 6.07) is 14.8. The van der Waals surface area contributed by atoms with Crippen LogP contribution in [-0.4, -0.2) is 43.0 Å². The maximum atomic E-state index is 12.4. The van der Waals surface area contributed by atoms with Crippen LogP contribution >= 0.6 is 0 Å². The third-order valence-corrected chi connectivity index (χ3v) is 3.81. The molecular formula is C17H15N7O2. The van der Waals surface area contributed by atoms with Crippen molar-refractivity contribution in [2.75, 3.05) is 7.11 Å². The van der Waals surface area contributed by atoms with E-state index in [-0.39, 0.29) is 12.5 Å². The molecule has 4 aromatic rings. The monoisotopic (exact) mass is 349 g/mol. The predicted octanol–water partition coefficient (Wildman–Crippen LogP) is 1.45. The molecule has 1 aromatic carbocycles. The summed E-state index contributed by atoms with van der Waals surface area (Å²) in [5, 5.41) is 22.0. The Morgan fingerprint density at radius 2 is 2.04 bits per heavy atom. The van der Waals surface area contributed by atoms with Crippen molar-refractivity contribution in [2.45, 2.75) is 6.54 Å². The highest BCUT2D eigenvalue weighted by atomic mass is 16.5. The molecule has 0 aliphatic rings. The van der Waals surface area contributed by atoms with Crippen LogP contribution in [0.25, 0.3) is 16.9 Å². The number of aromatic amines is 1. The van der Waals surface area contributed by atoms with Crippen LogP contribution in [0.4, 0.5) is 0 Å². The Morgan fingerprint density at radius 3 is 2.85 bits per heavy atom. The standard InChI is InChI=1S/C17H15N7O2/c1-26-16-8-7-14-21-22-15(24(14)23-16)10-18-17(25)13-9-12(19-20-13)11-5-3-2-4-6-11/h2-9H,10H2,1H3,(H,18,25)(H,19,20). The number of rotatable bonds is 5. The molecule has 0 aliphatic carbocycles. The number of methoxy groups -OCH3 is 1. The van der Waals surface area contributed by atoms with Gasteiger partial charge in [-0.2, -0.15) is 9.61 Å². The number of carbonyl (C=O) groups is 1. The molecule has 3 aromatic heterocycles. The summed E-state index contributed by atoms with van der Waals surface area (Å²) in [6.45, 7) is 0.167. The average molecular weight is 349 g/mol. The van der Waals surface area contributed by atoms with Gasteiger partial charge in [-0.1, -0.05) is 30.3 Å². The maximum Gasteiger partial charge on any atom is 0.269 e. The highest BCUT2D eigenvalue weighted by molar-refractivity contribution is 5.93. The smallest absolute Gasteiger partial charge is 0.269 e. The van der Waals surface area contributed by atoms with Crippen LogP contribution in [0.15, 0.2) is 48.5 Å². The molecule has 26 heavy (non-hydrogen) atoms. The molecule has 9 nitrogen and oxygen atoms in total. The Bertz CT molecular complexity index is 1060. The molecule has 4 rings (SSSR count). The Hall–Kier alpha value is -3.75. The Balaban J connectivity index is 1.48. The zero-order valence-corrected chi connectivity index (χ0v) is 13.9. The Labute approximate surface area is 148 Å². The second kappa shape index (κ2) is 6.63. The average Bonchev–Trinajstić information content (AvgIpc) is 3.34. The van der Waals surface area contributed by atoms with E-state index in [4.69, 9.17) is 4.74 Å². The van der Waals surface area contributed by atoms with E-state index in [9.17, 15) is 4.79 Å². The maximum absolute atomic E-state index is 12.4. The molecule has 130 valence electrons. The van der Waals surface area contributed by atoms with E-state index >= 15 is 0 Å². The molecular weight excluding hydrogens is 334 g/mol. The van der Waals surface area contributed by atoms with Gasteiger partial charge < -0.3 is 10.1 Å². The number of aromatic nitrogens is 6. The van der Waals surface area contributed by atoms with Gasteiger partial charge in [-0.3, -0.25) is 9.89 Å². The lowest BCUT2D eigenvalue weighted by Gasteiger charge is -2.03. The molecule has 0 saturated carbocycles. The molecule has 0 fully saturated rings. The van der Waals surface area contributed by atoms with Crippen molar-refractivity contribution >= 4 is 11.6 Å². The van der Waals surface area contributed by atoms with Crippen LogP contribution < -0.4 is 10.1 Å². The summed E-state index contributed by atoms with van der Waals surface area (Å²) in [7, 11) is 1.53. The zero-order valence-electron chi connectivity index (χ0n) is 13.9. The number of H-pyrrole nitrogens is 1. The van der Waals surface area contributed by atoms with Gasteiger partial charge in [0.15, 0.2) is 11.5 Å². The van der Waals surface area contributed by atoms with E-state index in [0.29, 0.717) is 28.7 Å². The van der Waals surface area contributed by atoms with Gasteiger partial charge in [0.25, 0.3) is 5.91 Å². The third-order valence-electron chi connectivity index (χ3n) is 3.81. The minimum Gasteiger partial charge on any atom is -0.480 e. The summed E-state index contributed by atoms with van der Waals surface area (Å²) in [4.78, 5) is 12.4. The van der Waals surface area contributed by atoms with E-state index in [1.807, 2.05) is 30.3 Å². The van der Waals surface area contributed by atoms with Crippen LogP contribution in [0.2, 0.25) is 0 Å². The van der Waals surface area contributed by atoms with Crippen LogP contribution in [-0.2, 0) is 6.54 Å². The Morgan fingerprint density at radius 1 is 1.19 bits per heavy atom. The van der Waals surface area contributed by atoms with Crippen molar-refractivity contribution < 1.29 is 9.53 Å². The molecule has 0 spiro atoms. The second-order valence-electron chi connectivity index (χ2n) is 5.48. The lowest BCUT2D eigenvalue weighted by molar-refractivity contribution is 0.0944. The number of hydrogen-bond donors (Lipinski definition) is 2. The first kappa shape index (κ1) is 15.8. The van der Waals surface area contributed by atoms with E-state index in [1.165, 1.54) is 11.6 Å². The van der Waals surface area contributed by atoms with Gasteiger partial charge in [-0.05, 0) is 12.1 Å². The molecule has 0 bridgehead atoms. The molecule has 0 unspecified atom stereocenters. The van der Waals surface area contributed by atoms with Gasteiger partial charge >= 0.3 is 0 Å². The van der Waals surface area contributed by atoms with Crippen LogP contribution in [0, 0.1) is 0 Å². The van der Waals surface area contributed by atoms with Crippen LogP contribution in [0.3, 0.4) is 0 Å².